The van der Waals surface area contributed by atoms with Gasteiger partial charge < -0.3 is 9.47 Å². The number of hydrogen-bond donors (Lipinski definition) is 0. The van der Waals surface area contributed by atoms with Crippen LogP contribution in [0.5, 0.6) is 0 Å². The number of sulfonamides is 1. The van der Waals surface area contributed by atoms with E-state index < -0.39 is 16.0 Å². The van der Waals surface area contributed by atoms with Crippen LogP contribution >= 0.6 is 27.3 Å². The van der Waals surface area contributed by atoms with E-state index in [0.717, 1.165) is 17.8 Å². The molecule has 1 saturated heterocycles. The summed E-state index contributed by atoms with van der Waals surface area (Å²) in [6.45, 7) is 2.98. The minimum absolute atomic E-state index is 0.0917. The van der Waals surface area contributed by atoms with Crippen molar-refractivity contribution < 1.29 is 22.7 Å². The maximum Gasteiger partial charge on any atom is 0.348 e. The monoisotopic (exact) mass is 397 g/mol. The Morgan fingerprint density at radius 3 is 2.95 bits per heavy atom. The van der Waals surface area contributed by atoms with Crippen LogP contribution in [0.25, 0.3) is 0 Å². The largest absolute Gasteiger partial charge is 0.465 e. The van der Waals surface area contributed by atoms with Crippen LogP contribution < -0.4 is 0 Å². The van der Waals surface area contributed by atoms with Gasteiger partial charge in [-0.05, 0) is 28.4 Å². The quantitative estimate of drug-likeness (QED) is 0.727. The van der Waals surface area contributed by atoms with Gasteiger partial charge in [-0.1, -0.05) is 6.92 Å². The van der Waals surface area contributed by atoms with Crippen molar-refractivity contribution in [2.75, 3.05) is 26.8 Å². The molecule has 1 atom stereocenters. The van der Waals surface area contributed by atoms with Gasteiger partial charge in [0.2, 0.25) is 10.0 Å². The first-order valence-electron chi connectivity index (χ1n) is 6.39. The summed E-state index contributed by atoms with van der Waals surface area (Å²) in [6, 6.07) is 1.35. The third-order valence-electron chi connectivity index (χ3n) is 3.22. The molecular formula is C12H16BrNO5S2. The molecule has 0 saturated carbocycles. The van der Waals surface area contributed by atoms with E-state index in [1.807, 2.05) is 6.92 Å². The van der Waals surface area contributed by atoms with Crippen molar-refractivity contribution in [3.05, 3.63) is 14.7 Å². The van der Waals surface area contributed by atoms with Gasteiger partial charge in [0.15, 0.2) is 0 Å². The molecule has 2 heterocycles. The zero-order valence-electron chi connectivity index (χ0n) is 11.7. The molecule has 118 valence electrons. The third kappa shape index (κ3) is 3.48. The van der Waals surface area contributed by atoms with Crippen molar-refractivity contribution in [1.29, 1.82) is 0 Å². The highest BCUT2D eigenvalue weighted by Crippen LogP contribution is 2.34. The molecule has 6 nitrogen and oxygen atoms in total. The lowest BCUT2D eigenvalue weighted by atomic mass is 10.2. The average molecular weight is 398 g/mol. The lowest BCUT2D eigenvalue weighted by Crippen LogP contribution is -2.45. The summed E-state index contributed by atoms with van der Waals surface area (Å²) >= 11 is 4.27. The number of morpholine rings is 1. The number of carbonyl (C=O) groups is 1. The fraction of sp³-hybridized carbons (Fsp3) is 0.583. The summed E-state index contributed by atoms with van der Waals surface area (Å²) in [6.07, 6.45) is 0.663. The van der Waals surface area contributed by atoms with Crippen LogP contribution in [-0.2, 0) is 19.5 Å². The Labute approximate surface area is 136 Å². The minimum atomic E-state index is -3.65. The molecule has 0 N–H and O–H groups in total. The van der Waals surface area contributed by atoms with Crippen LogP contribution in [0.4, 0.5) is 0 Å². The summed E-state index contributed by atoms with van der Waals surface area (Å²) in [7, 11) is -2.39. The molecule has 0 bridgehead atoms. The van der Waals surface area contributed by atoms with Crippen molar-refractivity contribution in [2.45, 2.75) is 24.3 Å². The maximum atomic E-state index is 12.7. The Morgan fingerprint density at radius 1 is 1.62 bits per heavy atom. The Morgan fingerprint density at radius 2 is 2.33 bits per heavy atom. The number of thiophene rings is 1. The van der Waals surface area contributed by atoms with Gasteiger partial charge in [-0.2, -0.15) is 4.31 Å². The lowest BCUT2D eigenvalue weighted by molar-refractivity contribution is -0.00278. The molecule has 21 heavy (non-hydrogen) atoms. The normalized spacial score (nSPS) is 20.4. The second kappa shape index (κ2) is 6.74. The molecule has 1 fully saturated rings. The van der Waals surface area contributed by atoms with E-state index in [0.29, 0.717) is 23.5 Å². The fourth-order valence-electron chi connectivity index (χ4n) is 2.03. The first-order chi connectivity index (χ1) is 9.90. The van der Waals surface area contributed by atoms with Gasteiger partial charge in [-0.25, -0.2) is 13.2 Å². The number of esters is 1. The van der Waals surface area contributed by atoms with E-state index in [1.165, 1.54) is 17.5 Å². The molecule has 1 aliphatic heterocycles. The van der Waals surface area contributed by atoms with Crippen molar-refractivity contribution >= 4 is 43.3 Å². The summed E-state index contributed by atoms with van der Waals surface area (Å²) < 4.78 is 37.3. The summed E-state index contributed by atoms with van der Waals surface area (Å²) in [5.74, 6) is -0.546. The van der Waals surface area contributed by atoms with E-state index in [2.05, 4.69) is 20.7 Å². The van der Waals surface area contributed by atoms with Crippen LogP contribution in [0.15, 0.2) is 14.7 Å². The van der Waals surface area contributed by atoms with Crippen LogP contribution in [-0.4, -0.2) is 51.6 Å². The molecule has 1 aromatic heterocycles. The standard InChI is InChI=1S/C12H16BrNO5S2/c1-3-8-7-14(4-5-19-8)21(16,17)10-6-9(12(15)18-2)20-11(10)13/h6,8H,3-5,7H2,1-2H3/t8-/m1/s1. The summed E-state index contributed by atoms with van der Waals surface area (Å²) in [5, 5.41) is 0. The number of hydrogen-bond acceptors (Lipinski definition) is 6. The molecule has 1 aliphatic rings. The second-order valence-corrected chi connectivity index (χ2v) is 8.78. The molecule has 0 aliphatic carbocycles. The van der Waals surface area contributed by atoms with Crippen molar-refractivity contribution in [3.8, 4) is 0 Å². The highest BCUT2D eigenvalue weighted by molar-refractivity contribution is 9.11. The van der Waals surface area contributed by atoms with Gasteiger partial charge in [0.25, 0.3) is 0 Å². The zero-order valence-corrected chi connectivity index (χ0v) is 14.9. The van der Waals surface area contributed by atoms with Crippen LogP contribution in [0.1, 0.15) is 23.0 Å². The molecular weight excluding hydrogens is 382 g/mol. The predicted octanol–water partition coefficient (Wildman–Crippen LogP) is 2.10. The molecule has 2 rings (SSSR count). The molecule has 0 spiro atoms. The van der Waals surface area contributed by atoms with Crippen molar-refractivity contribution in [3.63, 3.8) is 0 Å². The highest BCUT2D eigenvalue weighted by Gasteiger charge is 2.33. The number of carbonyl (C=O) groups excluding carboxylic acids is 1. The molecule has 1 aromatic rings. The van der Waals surface area contributed by atoms with Crippen molar-refractivity contribution in [2.24, 2.45) is 0 Å². The zero-order chi connectivity index (χ0) is 15.6. The number of halogens is 1. The van der Waals surface area contributed by atoms with E-state index in [-0.39, 0.29) is 15.9 Å². The Bertz CT molecular complexity index is 628. The fourth-order valence-corrected chi connectivity index (χ4v) is 5.91. The van der Waals surface area contributed by atoms with Crippen LogP contribution in [0.3, 0.4) is 0 Å². The molecule has 0 amide bonds. The first kappa shape index (κ1) is 16.9. The number of rotatable bonds is 4. The SMILES string of the molecule is CC[C@@H]1CN(S(=O)(=O)c2cc(C(=O)OC)sc2Br)CCO1. The van der Waals surface area contributed by atoms with Crippen molar-refractivity contribution in [1.82, 2.24) is 4.31 Å². The highest BCUT2D eigenvalue weighted by atomic mass is 79.9. The second-order valence-electron chi connectivity index (χ2n) is 4.50. The first-order valence-corrected chi connectivity index (χ1v) is 9.44. The number of nitrogens with zero attached hydrogens (tertiary/aromatic N) is 1. The summed E-state index contributed by atoms with van der Waals surface area (Å²) in [5.41, 5.74) is 0. The Balaban J connectivity index is 2.31. The van der Waals surface area contributed by atoms with Gasteiger partial charge >= 0.3 is 5.97 Å². The lowest BCUT2D eigenvalue weighted by Gasteiger charge is -2.31. The molecule has 0 radical (unpaired) electrons. The number of ether oxygens (including phenoxy) is 2. The van der Waals surface area contributed by atoms with E-state index in [1.54, 1.807) is 0 Å². The third-order valence-corrected chi connectivity index (χ3v) is 7.31. The maximum absolute atomic E-state index is 12.7. The molecule has 0 unspecified atom stereocenters. The van der Waals surface area contributed by atoms with E-state index in [9.17, 15) is 13.2 Å². The van der Waals surface area contributed by atoms with Crippen LogP contribution in [0, 0.1) is 0 Å². The van der Waals surface area contributed by atoms with Gasteiger partial charge in [-0.3, -0.25) is 0 Å². The summed E-state index contributed by atoms with van der Waals surface area (Å²) in [4.78, 5) is 11.9. The smallest absolute Gasteiger partial charge is 0.348 e. The molecule has 9 heteroatoms. The van der Waals surface area contributed by atoms with Gasteiger partial charge in [-0.15, -0.1) is 11.3 Å². The van der Waals surface area contributed by atoms with Gasteiger partial charge in [0.1, 0.15) is 9.77 Å². The predicted molar refractivity (Wildman–Crippen MR) is 82.1 cm³/mol. The minimum Gasteiger partial charge on any atom is -0.465 e. The number of methoxy groups -OCH3 is 1. The molecule has 0 aromatic carbocycles. The Hall–Kier alpha value is -0.480. The van der Waals surface area contributed by atoms with E-state index in [4.69, 9.17) is 4.74 Å². The average Bonchev–Trinajstić information content (AvgIpc) is 2.89. The van der Waals surface area contributed by atoms with Crippen LogP contribution in [0.2, 0.25) is 0 Å². The Kier molecular flexibility index (Phi) is 5.42. The topological polar surface area (TPSA) is 72.9 Å². The van der Waals surface area contributed by atoms with Gasteiger partial charge in [0, 0.05) is 13.1 Å². The van der Waals surface area contributed by atoms with Gasteiger partial charge in [0.05, 0.1) is 23.6 Å². The van der Waals surface area contributed by atoms with E-state index >= 15 is 0 Å².